The number of hydrogen-bond donors (Lipinski definition) is 2. The third-order valence-corrected chi connectivity index (χ3v) is 4.98. The maximum Gasteiger partial charge on any atom is 0.251 e. The average Bonchev–Trinajstić information content (AvgIpc) is 3.18. The van der Waals surface area contributed by atoms with Crippen LogP contribution in [0.25, 0.3) is 0 Å². The van der Waals surface area contributed by atoms with E-state index in [1.54, 1.807) is 6.07 Å². The maximum absolute atomic E-state index is 12.5. The van der Waals surface area contributed by atoms with E-state index in [9.17, 15) is 14.7 Å². The van der Waals surface area contributed by atoms with Crippen LogP contribution < -0.4 is 5.32 Å². The molecule has 0 atom stereocenters. The molecule has 2 aliphatic rings. The van der Waals surface area contributed by atoms with Crippen LogP contribution in [0.3, 0.4) is 0 Å². The first kappa shape index (κ1) is 16.0. The molecule has 0 radical (unpaired) electrons. The molecule has 2 N–H and O–H groups in total. The fraction of sp³-hybridized carbons (Fsp3) is 0.556. The third-order valence-electron chi connectivity index (χ3n) is 4.98. The van der Waals surface area contributed by atoms with Crippen LogP contribution in [-0.4, -0.2) is 40.5 Å². The Morgan fingerprint density at radius 2 is 2.04 bits per heavy atom. The van der Waals surface area contributed by atoms with Crippen molar-refractivity contribution in [1.82, 2.24) is 10.2 Å². The SMILES string of the molecule is O=C(NC1(CO)CCCC1)c1cccc(CN2CCCC2=O)c1. The van der Waals surface area contributed by atoms with Crippen LogP contribution in [0, 0.1) is 0 Å². The van der Waals surface area contributed by atoms with E-state index >= 15 is 0 Å². The molecule has 2 fully saturated rings. The van der Waals surface area contributed by atoms with Gasteiger partial charge in [-0.2, -0.15) is 0 Å². The number of nitrogens with zero attached hydrogens (tertiary/aromatic N) is 1. The molecule has 1 aliphatic carbocycles. The Kier molecular flexibility index (Phi) is 4.66. The lowest BCUT2D eigenvalue weighted by Crippen LogP contribution is -2.49. The minimum atomic E-state index is -0.460. The highest BCUT2D eigenvalue weighted by Crippen LogP contribution is 2.29. The number of amides is 2. The van der Waals surface area contributed by atoms with Gasteiger partial charge in [0.15, 0.2) is 0 Å². The highest BCUT2D eigenvalue weighted by molar-refractivity contribution is 5.95. The minimum absolute atomic E-state index is 0.0132. The minimum Gasteiger partial charge on any atom is -0.394 e. The van der Waals surface area contributed by atoms with Crippen molar-refractivity contribution in [3.63, 3.8) is 0 Å². The lowest BCUT2D eigenvalue weighted by molar-refractivity contribution is -0.128. The van der Waals surface area contributed by atoms with E-state index in [1.807, 2.05) is 23.1 Å². The Morgan fingerprint density at radius 3 is 2.70 bits per heavy atom. The molecule has 5 nitrogen and oxygen atoms in total. The molecule has 124 valence electrons. The molecule has 0 bridgehead atoms. The van der Waals surface area contributed by atoms with Crippen molar-refractivity contribution in [3.8, 4) is 0 Å². The van der Waals surface area contributed by atoms with Gasteiger partial charge in [-0.15, -0.1) is 0 Å². The zero-order valence-corrected chi connectivity index (χ0v) is 13.4. The summed E-state index contributed by atoms with van der Waals surface area (Å²) in [6.07, 6.45) is 5.28. The quantitative estimate of drug-likeness (QED) is 0.871. The van der Waals surface area contributed by atoms with Crippen LogP contribution in [0.15, 0.2) is 24.3 Å². The molecule has 0 unspecified atom stereocenters. The smallest absolute Gasteiger partial charge is 0.251 e. The maximum atomic E-state index is 12.5. The van der Waals surface area contributed by atoms with E-state index in [1.165, 1.54) is 0 Å². The van der Waals surface area contributed by atoms with Crippen molar-refractivity contribution in [1.29, 1.82) is 0 Å². The highest BCUT2D eigenvalue weighted by Gasteiger charge is 2.34. The van der Waals surface area contributed by atoms with Gasteiger partial charge in [0.1, 0.15) is 0 Å². The number of carbonyl (C=O) groups is 2. The molecule has 1 aromatic carbocycles. The molecule has 1 heterocycles. The Hall–Kier alpha value is -1.88. The van der Waals surface area contributed by atoms with Crippen molar-refractivity contribution in [2.45, 2.75) is 50.6 Å². The van der Waals surface area contributed by atoms with Crippen LogP contribution in [0.2, 0.25) is 0 Å². The van der Waals surface area contributed by atoms with Crippen LogP contribution in [0.5, 0.6) is 0 Å². The van der Waals surface area contributed by atoms with Gasteiger partial charge in [-0.3, -0.25) is 9.59 Å². The summed E-state index contributed by atoms with van der Waals surface area (Å²) >= 11 is 0. The molecule has 3 rings (SSSR count). The normalized spacial score (nSPS) is 20.0. The van der Waals surface area contributed by atoms with Gasteiger partial charge < -0.3 is 15.3 Å². The molecule has 0 spiro atoms. The fourth-order valence-electron chi connectivity index (χ4n) is 3.59. The number of nitrogens with one attached hydrogen (secondary N) is 1. The lowest BCUT2D eigenvalue weighted by Gasteiger charge is -2.28. The summed E-state index contributed by atoms with van der Waals surface area (Å²) in [5.74, 6) is 0.0422. The van der Waals surface area contributed by atoms with E-state index in [0.717, 1.165) is 44.2 Å². The van der Waals surface area contributed by atoms with Gasteiger partial charge in [-0.1, -0.05) is 25.0 Å². The van der Waals surface area contributed by atoms with Gasteiger partial charge >= 0.3 is 0 Å². The van der Waals surface area contributed by atoms with Crippen LogP contribution >= 0.6 is 0 Å². The molecule has 1 aliphatic heterocycles. The Labute approximate surface area is 136 Å². The van der Waals surface area contributed by atoms with Crippen molar-refractivity contribution in [2.75, 3.05) is 13.2 Å². The number of carbonyl (C=O) groups excluding carboxylic acids is 2. The third kappa shape index (κ3) is 3.55. The highest BCUT2D eigenvalue weighted by atomic mass is 16.3. The number of aliphatic hydroxyl groups is 1. The van der Waals surface area contributed by atoms with Gasteiger partial charge in [0.25, 0.3) is 5.91 Å². The summed E-state index contributed by atoms with van der Waals surface area (Å²) < 4.78 is 0. The fourth-order valence-corrected chi connectivity index (χ4v) is 3.59. The largest absolute Gasteiger partial charge is 0.394 e. The summed E-state index contributed by atoms with van der Waals surface area (Å²) in [4.78, 5) is 26.1. The van der Waals surface area contributed by atoms with Gasteiger partial charge in [0.2, 0.25) is 5.91 Å². The van der Waals surface area contributed by atoms with Crippen molar-refractivity contribution in [3.05, 3.63) is 35.4 Å². The summed E-state index contributed by atoms with van der Waals surface area (Å²) in [5.41, 5.74) is 1.10. The molecular formula is C18H24N2O3. The summed E-state index contributed by atoms with van der Waals surface area (Å²) in [7, 11) is 0. The second kappa shape index (κ2) is 6.71. The number of rotatable bonds is 5. The van der Waals surface area contributed by atoms with E-state index in [-0.39, 0.29) is 18.4 Å². The first-order chi connectivity index (χ1) is 11.1. The first-order valence-electron chi connectivity index (χ1n) is 8.42. The Balaban J connectivity index is 1.69. The predicted molar refractivity (Wildman–Crippen MR) is 86.8 cm³/mol. The van der Waals surface area contributed by atoms with Gasteiger partial charge in [-0.25, -0.2) is 0 Å². The lowest BCUT2D eigenvalue weighted by atomic mass is 9.98. The van der Waals surface area contributed by atoms with Crippen LogP contribution in [0.1, 0.15) is 54.4 Å². The van der Waals surface area contributed by atoms with E-state index in [0.29, 0.717) is 18.5 Å². The molecule has 1 aromatic rings. The second-order valence-electron chi connectivity index (χ2n) is 6.72. The molecule has 5 heteroatoms. The van der Waals surface area contributed by atoms with Crippen molar-refractivity contribution >= 4 is 11.8 Å². The molecule has 1 saturated heterocycles. The topological polar surface area (TPSA) is 69.6 Å². The van der Waals surface area contributed by atoms with Gasteiger partial charge in [0, 0.05) is 25.1 Å². The first-order valence-corrected chi connectivity index (χ1v) is 8.42. The molecule has 0 aromatic heterocycles. The Morgan fingerprint density at radius 1 is 1.26 bits per heavy atom. The summed E-state index contributed by atoms with van der Waals surface area (Å²) in [6, 6.07) is 7.43. The van der Waals surface area contributed by atoms with E-state index in [4.69, 9.17) is 0 Å². The standard InChI is InChI=1S/C18H24N2O3/c21-13-18(8-1-2-9-18)19-17(23)15-6-3-5-14(11-15)12-20-10-4-7-16(20)22/h3,5-6,11,21H,1-2,4,7-10,12-13H2,(H,19,23). The second-order valence-corrected chi connectivity index (χ2v) is 6.72. The molecule has 1 saturated carbocycles. The van der Waals surface area contributed by atoms with Crippen LogP contribution in [0.4, 0.5) is 0 Å². The zero-order chi connectivity index (χ0) is 16.3. The monoisotopic (exact) mass is 316 g/mol. The Bertz CT molecular complexity index is 594. The zero-order valence-electron chi connectivity index (χ0n) is 13.4. The number of likely N-dealkylation sites (tertiary alicyclic amines) is 1. The molecular weight excluding hydrogens is 292 g/mol. The van der Waals surface area contributed by atoms with E-state index in [2.05, 4.69) is 5.32 Å². The summed E-state index contributed by atoms with van der Waals surface area (Å²) in [5, 5.41) is 12.6. The molecule has 23 heavy (non-hydrogen) atoms. The number of aliphatic hydroxyl groups excluding tert-OH is 1. The van der Waals surface area contributed by atoms with Gasteiger partial charge in [0.05, 0.1) is 12.1 Å². The predicted octanol–water partition coefficient (Wildman–Crippen LogP) is 1.84. The van der Waals surface area contributed by atoms with Crippen molar-refractivity contribution in [2.24, 2.45) is 0 Å². The number of benzene rings is 1. The van der Waals surface area contributed by atoms with Crippen LogP contribution in [-0.2, 0) is 11.3 Å². The van der Waals surface area contributed by atoms with Gasteiger partial charge in [-0.05, 0) is 37.0 Å². The van der Waals surface area contributed by atoms with Crippen molar-refractivity contribution < 1.29 is 14.7 Å². The summed E-state index contributed by atoms with van der Waals surface area (Å²) in [6.45, 7) is 1.34. The van der Waals surface area contributed by atoms with E-state index < -0.39 is 5.54 Å². The average molecular weight is 316 g/mol. The molecule has 2 amide bonds. The number of hydrogen-bond acceptors (Lipinski definition) is 3.